The minimum Gasteiger partial charge on any atom is -0.399 e. The maximum atomic E-state index is 5.73. The summed E-state index contributed by atoms with van der Waals surface area (Å²) in [4.78, 5) is 0. The number of nitrogen functional groups attached to an aromatic ring is 1. The Morgan fingerprint density at radius 1 is 1.10 bits per heavy atom. The standard InChI is InChI=1S/C19H24N2/c1-14(15-7-9-17(20)10-8-15)11-12-21-19-13-18(19)16-5-3-2-4-6-16/h2-10,14,18-19,21H,11-13,20H2,1H3. The lowest BCUT2D eigenvalue weighted by atomic mass is 9.97. The molecule has 3 atom stereocenters. The second-order valence-corrected chi connectivity index (χ2v) is 6.17. The molecule has 21 heavy (non-hydrogen) atoms. The van der Waals surface area contributed by atoms with Crippen molar-refractivity contribution in [2.75, 3.05) is 12.3 Å². The molecule has 2 aromatic carbocycles. The summed E-state index contributed by atoms with van der Waals surface area (Å²) in [6.07, 6.45) is 2.45. The molecule has 2 heteroatoms. The van der Waals surface area contributed by atoms with Crippen molar-refractivity contribution in [1.29, 1.82) is 0 Å². The predicted molar refractivity (Wildman–Crippen MR) is 89.5 cm³/mol. The second kappa shape index (κ2) is 6.31. The molecule has 110 valence electrons. The van der Waals surface area contributed by atoms with Gasteiger partial charge in [0.05, 0.1) is 0 Å². The lowest BCUT2D eigenvalue weighted by molar-refractivity contribution is 0.586. The van der Waals surface area contributed by atoms with E-state index < -0.39 is 0 Å². The van der Waals surface area contributed by atoms with Gasteiger partial charge in [0.15, 0.2) is 0 Å². The lowest BCUT2D eigenvalue weighted by Gasteiger charge is -2.13. The maximum absolute atomic E-state index is 5.73. The van der Waals surface area contributed by atoms with Crippen LogP contribution in [0.2, 0.25) is 0 Å². The second-order valence-electron chi connectivity index (χ2n) is 6.17. The van der Waals surface area contributed by atoms with Gasteiger partial charge in [-0.2, -0.15) is 0 Å². The average Bonchev–Trinajstić information content (AvgIpc) is 3.28. The van der Waals surface area contributed by atoms with E-state index in [2.05, 4.69) is 54.7 Å². The SMILES string of the molecule is CC(CCNC1CC1c1ccccc1)c1ccc(N)cc1. The normalized spacial score (nSPS) is 22.0. The summed E-state index contributed by atoms with van der Waals surface area (Å²) in [5.41, 5.74) is 9.42. The maximum Gasteiger partial charge on any atom is 0.0314 e. The third kappa shape index (κ3) is 3.64. The number of nitrogens with two attached hydrogens (primary N) is 1. The number of nitrogens with one attached hydrogen (secondary N) is 1. The molecule has 3 rings (SSSR count). The lowest BCUT2D eigenvalue weighted by Crippen LogP contribution is -2.20. The highest BCUT2D eigenvalue weighted by molar-refractivity contribution is 5.40. The highest BCUT2D eigenvalue weighted by atomic mass is 15.0. The Morgan fingerprint density at radius 3 is 2.52 bits per heavy atom. The van der Waals surface area contributed by atoms with Crippen LogP contribution in [-0.2, 0) is 0 Å². The van der Waals surface area contributed by atoms with E-state index in [-0.39, 0.29) is 0 Å². The summed E-state index contributed by atoms with van der Waals surface area (Å²) in [5, 5.41) is 3.69. The summed E-state index contributed by atoms with van der Waals surface area (Å²) in [6, 6.07) is 19.8. The molecular formula is C19H24N2. The van der Waals surface area contributed by atoms with Crippen molar-refractivity contribution in [3.05, 3.63) is 65.7 Å². The minimum absolute atomic E-state index is 0.576. The molecule has 2 aromatic rings. The van der Waals surface area contributed by atoms with E-state index in [0.717, 1.165) is 18.2 Å². The highest BCUT2D eigenvalue weighted by Crippen LogP contribution is 2.40. The van der Waals surface area contributed by atoms with E-state index in [9.17, 15) is 0 Å². The van der Waals surface area contributed by atoms with E-state index in [1.54, 1.807) is 0 Å². The van der Waals surface area contributed by atoms with Crippen LogP contribution in [0.1, 0.15) is 42.7 Å². The van der Waals surface area contributed by atoms with Crippen LogP contribution in [0.25, 0.3) is 0 Å². The Kier molecular flexibility index (Phi) is 4.26. The van der Waals surface area contributed by atoms with Crippen molar-refractivity contribution >= 4 is 5.69 Å². The zero-order valence-corrected chi connectivity index (χ0v) is 12.6. The van der Waals surface area contributed by atoms with Crippen molar-refractivity contribution in [2.24, 2.45) is 0 Å². The summed E-state index contributed by atoms with van der Waals surface area (Å²) in [5.74, 6) is 1.30. The molecule has 2 nitrogen and oxygen atoms in total. The first-order valence-electron chi connectivity index (χ1n) is 7.88. The van der Waals surface area contributed by atoms with Gasteiger partial charge in [0, 0.05) is 17.6 Å². The monoisotopic (exact) mass is 280 g/mol. The average molecular weight is 280 g/mol. The fourth-order valence-electron chi connectivity index (χ4n) is 2.97. The Labute approximate surface area is 127 Å². The van der Waals surface area contributed by atoms with Gasteiger partial charge in [-0.15, -0.1) is 0 Å². The number of hydrogen-bond acceptors (Lipinski definition) is 2. The molecule has 1 aliphatic carbocycles. The van der Waals surface area contributed by atoms with Crippen LogP contribution < -0.4 is 11.1 Å². The van der Waals surface area contributed by atoms with Crippen molar-refractivity contribution in [3.63, 3.8) is 0 Å². The van der Waals surface area contributed by atoms with Gasteiger partial charge in [0.2, 0.25) is 0 Å². The molecule has 0 heterocycles. The first kappa shape index (κ1) is 14.2. The molecule has 1 fully saturated rings. The predicted octanol–water partition coefficient (Wildman–Crippen LogP) is 3.91. The van der Waals surface area contributed by atoms with Crippen molar-refractivity contribution < 1.29 is 0 Å². The van der Waals surface area contributed by atoms with Crippen molar-refractivity contribution in [3.8, 4) is 0 Å². The van der Waals surface area contributed by atoms with Gasteiger partial charge in [-0.05, 0) is 48.6 Å². The van der Waals surface area contributed by atoms with E-state index in [1.807, 2.05) is 12.1 Å². The fraction of sp³-hybridized carbons (Fsp3) is 0.368. The Balaban J connectivity index is 1.42. The fourth-order valence-corrected chi connectivity index (χ4v) is 2.97. The van der Waals surface area contributed by atoms with Gasteiger partial charge < -0.3 is 11.1 Å². The largest absolute Gasteiger partial charge is 0.399 e. The minimum atomic E-state index is 0.576. The van der Waals surface area contributed by atoms with Crippen LogP contribution in [0.4, 0.5) is 5.69 Å². The Morgan fingerprint density at radius 2 is 1.81 bits per heavy atom. The summed E-state index contributed by atoms with van der Waals surface area (Å²) >= 11 is 0. The summed E-state index contributed by atoms with van der Waals surface area (Å²) in [6.45, 7) is 3.37. The number of anilines is 1. The molecule has 0 radical (unpaired) electrons. The first-order chi connectivity index (χ1) is 10.2. The third-order valence-electron chi connectivity index (χ3n) is 4.51. The summed E-state index contributed by atoms with van der Waals surface area (Å²) in [7, 11) is 0. The topological polar surface area (TPSA) is 38.0 Å². The molecule has 3 unspecified atom stereocenters. The van der Waals surface area contributed by atoms with Crippen molar-refractivity contribution in [1.82, 2.24) is 5.32 Å². The summed E-state index contributed by atoms with van der Waals surface area (Å²) < 4.78 is 0. The van der Waals surface area contributed by atoms with Crippen molar-refractivity contribution in [2.45, 2.75) is 37.6 Å². The van der Waals surface area contributed by atoms with E-state index in [1.165, 1.54) is 24.0 Å². The molecule has 0 spiro atoms. The van der Waals surface area contributed by atoms with Crippen LogP contribution in [0.5, 0.6) is 0 Å². The smallest absolute Gasteiger partial charge is 0.0314 e. The third-order valence-corrected chi connectivity index (χ3v) is 4.51. The molecule has 0 saturated heterocycles. The Hall–Kier alpha value is -1.80. The highest BCUT2D eigenvalue weighted by Gasteiger charge is 2.37. The van der Waals surface area contributed by atoms with Gasteiger partial charge in [0.1, 0.15) is 0 Å². The van der Waals surface area contributed by atoms with Crippen LogP contribution in [0.15, 0.2) is 54.6 Å². The van der Waals surface area contributed by atoms with Gasteiger partial charge in [-0.3, -0.25) is 0 Å². The zero-order valence-electron chi connectivity index (χ0n) is 12.6. The molecule has 0 bridgehead atoms. The van der Waals surface area contributed by atoms with E-state index in [4.69, 9.17) is 5.73 Å². The zero-order chi connectivity index (χ0) is 14.7. The number of rotatable bonds is 6. The molecule has 3 N–H and O–H groups in total. The van der Waals surface area contributed by atoms with E-state index in [0.29, 0.717) is 12.0 Å². The molecule has 0 aromatic heterocycles. The van der Waals surface area contributed by atoms with Gasteiger partial charge >= 0.3 is 0 Å². The Bertz CT molecular complexity index is 562. The quantitative estimate of drug-likeness (QED) is 0.787. The number of hydrogen-bond donors (Lipinski definition) is 2. The van der Waals surface area contributed by atoms with E-state index >= 15 is 0 Å². The van der Waals surface area contributed by atoms with Gasteiger partial charge in [-0.1, -0.05) is 49.4 Å². The van der Waals surface area contributed by atoms with Crippen LogP contribution in [-0.4, -0.2) is 12.6 Å². The van der Waals surface area contributed by atoms with Crippen LogP contribution in [0, 0.1) is 0 Å². The van der Waals surface area contributed by atoms with Crippen LogP contribution >= 0.6 is 0 Å². The van der Waals surface area contributed by atoms with Gasteiger partial charge in [-0.25, -0.2) is 0 Å². The van der Waals surface area contributed by atoms with Crippen LogP contribution in [0.3, 0.4) is 0 Å². The molecule has 1 saturated carbocycles. The molecule has 1 aliphatic rings. The molecule has 0 amide bonds. The van der Waals surface area contributed by atoms with Gasteiger partial charge in [0.25, 0.3) is 0 Å². The first-order valence-corrected chi connectivity index (χ1v) is 7.88. The number of benzene rings is 2. The molecule has 0 aliphatic heterocycles. The molecular weight excluding hydrogens is 256 g/mol.